The molecular formula is C18H29NO2. The van der Waals surface area contributed by atoms with Gasteiger partial charge >= 0.3 is 0 Å². The SMILES string of the molecule is CCOc1ccc(C(O)CN(CC)C2CCCCC2)cc1. The molecule has 1 fully saturated rings. The molecule has 2 rings (SSSR count). The molecule has 1 aliphatic carbocycles. The van der Waals surface area contributed by atoms with Crippen LogP contribution in [-0.4, -0.2) is 35.7 Å². The van der Waals surface area contributed by atoms with Gasteiger partial charge in [-0.05, 0) is 44.0 Å². The molecule has 1 unspecified atom stereocenters. The Labute approximate surface area is 128 Å². The summed E-state index contributed by atoms with van der Waals surface area (Å²) in [7, 11) is 0. The van der Waals surface area contributed by atoms with E-state index in [9.17, 15) is 5.11 Å². The highest BCUT2D eigenvalue weighted by Gasteiger charge is 2.22. The van der Waals surface area contributed by atoms with E-state index >= 15 is 0 Å². The number of aliphatic hydroxyl groups excluding tert-OH is 1. The average molecular weight is 291 g/mol. The predicted octanol–water partition coefficient (Wildman–Crippen LogP) is 3.77. The standard InChI is InChI=1S/C18H29NO2/c1-3-19(16-8-6-5-7-9-16)14-18(20)15-10-12-17(13-11-15)21-4-2/h10-13,16,18,20H,3-9,14H2,1-2H3. The van der Waals surface area contributed by atoms with Gasteiger partial charge in [-0.3, -0.25) is 4.90 Å². The van der Waals surface area contributed by atoms with Crippen molar-refractivity contribution in [1.29, 1.82) is 0 Å². The minimum Gasteiger partial charge on any atom is -0.494 e. The van der Waals surface area contributed by atoms with Crippen LogP contribution in [0.4, 0.5) is 0 Å². The number of hydrogen-bond donors (Lipinski definition) is 1. The van der Waals surface area contributed by atoms with E-state index in [0.717, 1.165) is 24.4 Å². The van der Waals surface area contributed by atoms with Crippen molar-refractivity contribution in [2.24, 2.45) is 0 Å². The normalized spacial score (nSPS) is 17.9. The molecule has 3 nitrogen and oxygen atoms in total. The van der Waals surface area contributed by atoms with Crippen LogP contribution in [0.5, 0.6) is 5.75 Å². The Morgan fingerprint density at radius 2 is 1.81 bits per heavy atom. The van der Waals surface area contributed by atoms with Gasteiger partial charge in [0.15, 0.2) is 0 Å². The van der Waals surface area contributed by atoms with Crippen LogP contribution in [0.25, 0.3) is 0 Å². The van der Waals surface area contributed by atoms with Gasteiger partial charge in [0.05, 0.1) is 12.7 Å². The van der Waals surface area contributed by atoms with Crippen molar-refractivity contribution in [2.45, 2.75) is 58.1 Å². The Morgan fingerprint density at radius 3 is 2.38 bits per heavy atom. The van der Waals surface area contributed by atoms with Crippen LogP contribution in [0.1, 0.15) is 57.6 Å². The molecule has 1 aromatic carbocycles. The minimum absolute atomic E-state index is 0.414. The first-order valence-corrected chi connectivity index (χ1v) is 8.39. The number of likely N-dealkylation sites (N-methyl/N-ethyl adjacent to an activating group) is 1. The molecule has 0 saturated heterocycles. The van der Waals surface area contributed by atoms with Gasteiger partial charge in [-0.1, -0.05) is 38.3 Å². The van der Waals surface area contributed by atoms with E-state index in [1.54, 1.807) is 0 Å². The zero-order valence-corrected chi connectivity index (χ0v) is 13.4. The molecule has 1 aromatic rings. The average Bonchev–Trinajstić information content (AvgIpc) is 2.54. The number of hydrogen-bond acceptors (Lipinski definition) is 3. The largest absolute Gasteiger partial charge is 0.494 e. The van der Waals surface area contributed by atoms with Crippen molar-refractivity contribution in [1.82, 2.24) is 4.90 Å². The van der Waals surface area contributed by atoms with Crippen molar-refractivity contribution in [2.75, 3.05) is 19.7 Å². The summed E-state index contributed by atoms with van der Waals surface area (Å²) in [6.07, 6.45) is 6.19. The molecule has 1 aliphatic rings. The summed E-state index contributed by atoms with van der Waals surface area (Å²) in [6, 6.07) is 8.49. The molecule has 0 aromatic heterocycles. The maximum atomic E-state index is 10.5. The summed E-state index contributed by atoms with van der Waals surface area (Å²) in [5.41, 5.74) is 0.979. The van der Waals surface area contributed by atoms with E-state index in [0.29, 0.717) is 12.6 Å². The molecule has 21 heavy (non-hydrogen) atoms. The maximum Gasteiger partial charge on any atom is 0.119 e. The first kappa shape index (κ1) is 16.3. The monoisotopic (exact) mass is 291 g/mol. The van der Waals surface area contributed by atoms with E-state index in [2.05, 4.69) is 11.8 Å². The summed E-state index contributed by atoms with van der Waals surface area (Å²) in [4.78, 5) is 2.44. The van der Waals surface area contributed by atoms with Crippen LogP contribution in [0.15, 0.2) is 24.3 Å². The molecule has 3 heteroatoms. The van der Waals surface area contributed by atoms with Crippen molar-refractivity contribution in [3.05, 3.63) is 29.8 Å². The second kappa shape index (κ2) is 8.40. The fourth-order valence-corrected chi connectivity index (χ4v) is 3.26. The van der Waals surface area contributed by atoms with Gasteiger partial charge in [0.2, 0.25) is 0 Å². The van der Waals surface area contributed by atoms with E-state index in [1.807, 2.05) is 31.2 Å². The lowest BCUT2D eigenvalue weighted by atomic mass is 9.93. The van der Waals surface area contributed by atoms with Crippen molar-refractivity contribution in [3.63, 3.8) is 0 Å². The topological polar surface area (TPSA) is 32.7 Å². The van der Waals surface area contributed by atoms with E-state index in [4.69, 9.17) is 4.74 Å². The Kier molecular flexibility index (Phi) is 6.52. The molecule has 0 bridgehead atoms. The fraction of sp³-hybridized carbons (Fsp3) is 0.667. The van der Waals surface area contributed by atoms with Gasteiger partial charge in [0.25, 0.3) is 0 Å². The third-order valence-corrected chi connectivity index (χ3v) is 4.48. The van der Waals surface area contributed by atoms with Gasteiger partial charge in [0, 0.05) is 12.6 Å². The van der Waals surface area contributed by atoms with Crippen LogP contribution >= 0.6 is 0 Å². The molecule has 0 heterocycles. The summed E-state index contributed by atoms with van der Waals surface area (Å²) in [5.74, 6) is 0.869. The van der Waals surface area contributed by atoms with Crippen LogP contribution in [0, 0.1) is 0 Å². The maximum absolute atomic E-state index is 10.5. The number of benzene rings is 1. The van der Waals surface area contributed by atoms with Crippen molar-refractivity contribution >= 4 is 0 Å². The number of aliphatic hydroxyl groups is 1. The van der Waals surface area contributed by atoms with Crippen LogP contribution in [0.2, 0.25) is 0 Å². The fourth-order valence-electron chi connectivity index (χ4n) is 3.26. The predicted molar refractivity (Wildman–Crippen MR) is 86.7 cm³/mol. The third-order valence-electron chi connectivity index (χ3n) is 4.48. The number of nitrogens with zero attached hydrogens (tertiary/aromatic N) is 1. The lowest BCUT2D eigenvalue weighted by Gasteiger charge is -2.34. The highest BCUT2D eigenvalue weighted by Crippen LogP contribution is 2.25. The zero-order chi connectivity index (χ0) is 15.1. The van der Waals surface area contributed by atoms with Gasteiger partial charge in [-0.2, -0.15) is 0 Å². The van der Waals surface area contributed by atoms with Crippen LogP contribution in [-0.2, 0) is 0 Å². The first-order valence-electron chi connectivity index (χ1n) is 8.39. The van der Waals surface area contributed by atoms with Crippen molar-refractivity contribution in [3.8, 4) is 5.75 Å². The minimum atomic E-state index is -0.414. The molecule has 118 valence electrons. The van der Waals surface area contributed by atoms with Crippen LogP contribution < -0.4 is 4.74 Å². The molecule has 1 N–H and O–H groups in total. The van der Waals surface area contributed by atoms with Gasteiger partial charge in [-0.15, -0.1) is 0 Å². The summed E-state index contributed by atoms with van der Waals surface area (Å²) in [6.45, 7) is 6.59. The highest BCUT2D eigenvalue weighted by molar-refractivity contribution is 5.28. The summed E-state index contributed by atoms with van der Waals surface area (Å²) < 4.78 is 5.45. The summed E-state index contributed by atoms with van der Waals surface area (Å²) in [5, 5.41) is 10.5. The second-order valence-corrected chi connectivity index (χ2v) is 5.90. The molecule has 0 amide bonds. The Hall–Kier alpha value is -1.06. The molecule has 0 aliphatic heterocycles. The quantitative estimate of drug-likeness (QED) is 0.830. The molecular weight excluding hydrogens is 262 g/mol. The number of rotatable bonds is 7. The molecule has 1 atom stereocenters. The van der Waals surface area contributed by atoms with Crippen molar-refractivity contribution < 1.29 is 9.84 Å². The van der Waals surface area contributed by atoms with E-state index in [1.165, 1.54) is 32.1 Å². The third kappa shape index (κ3) is 4.72. The smallest absolute Gasteiger partial charge is 0.119 e. The first-order chi connectivity index (χ1) is 10.2. The summed E-state index contributed by atoms with van der Waals surface area (Å²) >= 11 is 0. The van der Waals surface area contributed by atoms with Gasteiger partial charge in [-0.25, -0.2) is 0 Å². The Morgan fingerprint density at radius 1 is 1.14 bits per heavy atom. The Bertz CT molecular complexity index is 398. The lowest BCUT2D eigenvalue weighted by molar-refractivity contribution is 0.0766. The zero-order valence-electron chi connectivity index (χ0n) is 13.4. The molecule has 0 spiro atoms. The molecule has 0 radical (unpaired) electrons. The lowest BCUT2D eigenvalue weighted by Crippen LogP contribution is -2.39. The second-order valence-electron chi connectivity index (χ2n) is 5.90. The molecule has 1 saturated carbocycles. The number of ether oxygens (including phenoxy) is 1. The van der Waals surface area contributed by atoms with Gasteiger partial charge in [0.1, 0.15) is 5.75 Å². The van der Waals surface area contributed by atoms with Crippen LogP contribution in [0.3, 0.4) is 0 Å². The van der Waals surface area contributed by atoms with E-state index in [-0.39, 0.29) is 0 Å². The Balaban J connectivity index is 1.93. The highest BCUT2D eigenvalue weighted by atomic mass is 16.5. The van der Waals surface area contributed by atoms with E-state index < -0.39 is 6.10 Å². The van der Waals surface area contributed by atoms with Gasteiger partial charge < -0.3 is 9.84 Å².